The first-order valence-corrected chi connectivity index (χ1v) is 20.8. The molecule has 0 spiro atoms. The molecule has 0 unspecified atom stereocenters. The van der Waals surface area contributed by atoms with E-state index in [0.717, 1.165) is 12.8 Å². The van der Waals surface area contributed by atoms with Crippen molar-refractivity contribution in [3.63, 3.8) is 0 Å². The highest BCUT2D eigenvalue weighted by Crippen LogP contribution is 2.12. The lowest BCUT2D eigenvalue weighted by Gasteiger charge is -2.26. The van der Waals surface area contributed by atoms with Crippen LogP contribution in [0.25, 0.3) is 0 Å². The molecule has 0 aliphatic carbocycles. The molecule has 1 fully saturated rings. The van der Waals surface area contributed by atoms with Gasteiger partial charge in [0, 0.05) is 25.7 Å². The Hall–Kier alpha value is -6.33. The first kappa shape index (κ1) is 49.0. The Morgan fingerprint density at radius 3 is 1.72 bits per heavy atom. The van der Waals surface area contributed by atoms with Crippen LogP contribution >= 0.6 is 0 Å². The maximum atomic E-state index is 14.2. The number of carbonyl (C=O) groups excluding carboxylic acids is 9. The monoisotopic (exact) mass is 847 g/mol. The van der Waals surface area contributed by atoms with E-state index >= 15 is 0 Å². The number of nitrogens with one attached hydrogen (secondary N) is 7. The molecule has 1 heterocycles. The van der Waals surface area contributed by atoms with E-state index in [9.17, 15) is 43.2 Å². The molecule has 2 aromatic carbocycles. The summed E-state index contributed by atoms with van der Waals surface area (Å²) in [6.07, 6.45) is 2.84. The van der Waals surface area contributed by atoms with Crippen molar-refractivity contribution in [3.8, 4) is 0 Å². The fourth-order valence-electron chi connectivity index (χ4n) is 6.70. The number of amides is 9. The number of hydrogen-bond donors (Lipinski definition) is 9. The molecule has 0 bridgehead atoms. The summed E-state index contributed by atoms with van der Waals surface area (Å²) in [5, 5.41) is 18.3. The second-order valence-corrected chi connectivity index (χ2v) is 15.7. The number of rotatable bonds is 26. The maximum absolute atomic E-state index is 14.2. The molecule has 332 valence electrons. The third-order valence-electron chi connectivity index (χ3n) is 9.99. The van der Waals surface area contributed by atoms with Gasteiger partial charge in [0.2, 0.25) is 53.2 Å². The summed E-state index contributed by atoms with van der Waals surface area (Å²) in [6.45, 7) is 5.16. The van der Waals surface area contributed by atoms with Crippen LogP contribution in [0.3, 0.4) is 0 Å². The van der Waals surface area contributed by atoms with Gasteiger partial charge in [-0.05, 0) is 42.7 Å². The maximum Gasteiger partial charge on any atom is 0.243 e. The lowest BCUT2D eigenvalue weighted by atomic mass is 10.0. The van der Waals surface area contributed by atoms with Gasteiger partial charge in [-0.3, -0.25) is 43.2 Å². The molecule has 11 N–H and O–H groups in total. The summed E-state index contributed by atoms with van der Waals surface area (Å²) >= 11 is 0. The molecule has 61 heavy (non-hydrogen) atoms. The molecule has 2 aromatic rings. The molecule has 9 amide bonds. The number of primary amides is 2. The second kappa shape index (κ2) is 25.3. The lowest BCUT2D eigenvalue weighted by molar-refractivity contribution is -0.134. The van der Waals surface area contributed by atoms with E-state index in [1.165, 1.54) is 0 Å². The van der Waals surface area contributed by atoms with E-state index in [1.54, 1.807) is 60.7 Å². The molecule has 1 aliphatic rings. The summed E-state index contributed by atoms with van der Waals surface area (Å²) in [5.74, 6) is -6.00. The molecular formula is C43H61N9O9. The lowest BCUT2D eigenvalue weighted by Crippen LogP contribution is -2.59. The van der Waals surface area contributed by atoms with Crippen molar-refractivity contribution < 1.29 is 43.2 Å². The van der Waals surface area contributed by atoms with E-state index in [-0.39, 0.29) is 56.8 Å². The molecule has 18 heteroatoms. The summed E-state index contributed by atoms with van der Waals surface area (Å²) in [7, 11) is 0. The highest BCUT2D eigenvalue weighted by molar-refractivity contribution is 5.97. The minimum Gasteiger partial charge on any atom is -0.370 e. The van der Waals surface area contributed by atoms with Crippen LogP contribution < -0.4 is 48.7 Å². The van der Waals surface area contributed by atoms with Gasteiger partial charge in [-0.1, -0.05) is 101 Å². The summed E-state index contributed by atoms with van der Waals surface area (Å²) in [4.78, 5) is 117. The van der Waals surface area contributed by atoms with Gasteiger partial charge in [0.25, 0.3) is 0 Å². The van der Waals surface area contributed by atoms with Crippen LogP contribution in [0, 0.1) is 5.92 Å². The number of hydrogen-bond acceptors (Lipinski definition) is 9. The van der Waals surface area contributed by atoms with E-state index in [0.29, 0.717) is 24.0 Å². The predicted molar refractivity (Wildman–Crippen MR) is 225 cm³/mol. The largest absolute Gasteiger partial charge is 0.370 e. The molecular weight excluding hydrogens is 787 g/mol. The molecule has 0 radical (unpaired) electrons. The zero-order chi connectivity index (χ0) is 44.9. The van der Waals surface area contributed by atoms with E-state index in [2.05, 4.69) is 37.2 Å². The van der Waals surface area contributed by atoms with Crippen LogP contribution in [0.2, 0.25) is 0 Å². The van der Waals surface area contributed by atoms with Gasteiger partial charge in [-0.2, -0.15) is 0 Å². The SMILES string of the molecule is CCCCC[C@H](NC(=O)[C@H](CC(C)C)NC(=O)CNC(=O)[C@H](Cc1ccccc1)NC(=O)[C@H](Cc1ccccc1)NC(=O)[C@H](CCC(N)=O)NC(=O)[C@@H]1CCC(=O)N1)C(N)=O. The Labute approximate surface area is 356 Å². The third kappa shape index (κ3) is 17.8. The smallest absolute Gasteiger partial charge is 0.243 e. The summed E-state index contributed by atoms with van der Waals surface area (Å²) < 4.78 is 0. The van der Waals surface area contributed by atoms with E-state index in [4.69, 9.17) is 11.5 Å². The molecule has 1 aliphatic heterocycles. The van der Waals surface area contributed by atoms with E-state index in [1.807, 2.05) is 20.8 Å². The number of benzene rings is 2. The van der Waals surface area contributed by atoms with E-state index < -0.39 is 90.1 Å². The Morgan fingerprint density at radius 2 is 1.21 bits per heavy atom. The highest BCUT2D eigenvalue weighted by atomic mass is 16.2. The fraction of sp³-hybridized carbons (Fsp3) is 0.512. The van der Waals surface area contributed by atoms with Crippen molar-refractivity contribution in [1.29, 1.82) is 0 Å². The quantitative estimate of drug-likeness (QED) is 0.0560. The first-order chi connectivity index (χ1) is 29.1. The second-order valence-electron chi connectivity index (χ2n) is 15.7. The van der Waals surface area contributed by atoms with Crippen LogP contribution in [0.5, 0.6) is 0 Å². The Morgan fingerprint density at radius 1 is 0.672 bits per heavy atom. The van der Waals surface area contributed by atoms with Crippen molar-refractivity contribution in [1.82, 2.24) is 37.2 Å². The normalized spacial score (nSPS) is 15.8. The topological polar surface area (TPSA) is 290 Å². The van der Waals surface area contributed by atoms with Gasteiger partial charge in [-0.15, -0.1) is 0 Å². The van der Waals surface area contributed by atoms with Gasteiger partial charge in [0.1, 0.15) is 36.3 Å². The molecule has 6 atom stereocenters. The summed E-state index contributed by atoms with van der Waals surface area (Å²) in [6, 6.07) is 10.8. The van der Waals surface area contributed by atoms with Gasteiger partial charge in [0.05, 0.1) is 6.54 Å². The van der Waals surface area contributed by atoms with Crippen molar-refractivity contribution in [2.24, 2.45) is 17.4 Å². The Balaban J connectivity index is 1.80. The van der Waals surface area contributed by atoms with Crippen LogP contribution in [-0.4, -0.2) is 96.0 Å². The van der Waals surface area contributed by atoms with Crippen molar-refractivity contribution >= 4 is 53.2 Å². The predicted octanol–water partition coefficient (Wildman–Crippen LogP) is -0.332. The third-order valence-corrected chi connectivity index (χ3v) is 9.99. The van der Waals surface area contributed by atoms with Gasteiger partial charge in [0.15, 0.2) is 0 Å². The average molecular weight is 848 g/mol. The molecule has 3 rings (SSSR count). The van der Waals surface area contributed by atoms with Crippen LogP contribution in [0.1, 0.15) is 89.7 Å². The van der Waals surface area contributed by atoms with Crippen LogP contribution in [0.4, 0.5) is 0 Å². The number of carbonyl (C=O) groups is 9. The Kier molecular flexibility index (Phi) is 20.4. The summed E-state index contributed by atoms with van der Waals surface area (Å²) in [5.41, 5.74) is 12.2. The molecule has 18 nitrogen and oxygen atoms in total. The number of unbranched alkanes of at least 4 members (excludes halogenated alkanes) is 2. The van der Waals surface area contributed by atoms with Gasteiger partial charge in [-0.25, -0.2) is 0 Å². The standard InChI is InChI=1S/C43H61N9O9/c1-4-5-8-17-29(38(45)56)49-42(60)32(22-26(2)3)48-37(55)25-46-39(57)33(23-27-13-9-6-10-14-27)51-43(61)34(24-28-15-11-7-12-16-28)52-41(59)31(18-20-35(44)53)50-40(58)30-19-21-36(54)47-30/h6-7,9-16,26,29-34H,4-5,8,17-25H2,1-3H3,(H2,44,53)(H2,45,56)(H,46,57)(H,47,54)(H,48,55)(H,49,60)(H,50,58)(H,51,61)(H,52,59)/t29-,30-,31-,32-,33-,34-/m0/s1. The first-order valence-electron chi connectivity index (χ1n) is 20.8. The Bertz CT molecular complexity index is 1830. The van der Waals surface area contributed by atoms with Crippen molar-refractivity contribution in [2.75, 3.05) is 6.54 Å². The highest BCUT2D eigenvalue weighted by Gasteiger charge is 2.34. The molecule has 1 saturated heterocycles. The minimum atomic E-state index is -1.31. The van der Waals surface area contributed by atoms with Gasteiger partial charge >= 0.3 is 0 Å². The minimum absolute atomic E-state index is 0.0125. The zero-order valence-electron chi connectivity index (χ0n) is 35.1. The van der Waals surface area contributed by atoms with Crippen molar-refractivity contribution in [2.45, 2.75) is 128 Å². The fourth-order valence-corrected chi connectivity index (χ4v) is 6.70. The average Bonchev–Trinajstić information content (AvgIpc) is 3.66. The van der Waals surface area contributed by atoms with Crippen molar-refractivity contribution in [3.05, 3.63) is 71.8 Å². The van der Waals surface area contributed by atoms with Crippen LogP contribution in [0.15, 0.2) is 60.7 Å². The van der Waals surface area contributed by atoms with Crippen LogP contribution in [-0.2, 0) is 56.0 Å². The zero-order valence-corrected chi connectivity index (χ0v) is 35.1. The van der Waals surface area contributed by atoms with Gasteiger partial charge < -0.3 is 48.7 Å². The molecule has 0 aromatic heterocycles. The number of nitrogens with two attached hydrogens (primary N) is 2. The molecule has 0 saturated carbocycles.